The molecule has 2 N–H and O–H groups in total. The maximum atomic E-state index is 12.7. The second-order valence-electron chi connectivity index (χ2n) is 8.47. The highest BCUT2D eigenvalue weighted by molar-refractivity contribution is 14.0. The molecule has 1 aliphatic carbocycles. The second-order valence-corrected chi connectivity index (χ2v) is 8.47. The molecule has 29 heavy (non-hydrogen) atoms. The number of guanidine groups is 1. The van der Waals surface area contributed by atoms with Crippen molar-refractivity contribution in [2.75, 3.05) is 19.6 Å². The van der Waals surface area contributed by atoms with Crippen molar-refractivity contribution in [1.29, 1.82) is 0 Å². The number of carbonyl (C=O) groups excluding carboxylic acids is 1. The Labute approximate surface area is 193 Å². The van der Waals surface area contributed by atoms with Crippen LogP contribution in [0.4, 0.5) is 0 Å². The van der Waals surface area contributed by atoms with E-state index in [2.05, 4.69) is 55.4 Å². The number of carbonyl (C=O) groups is 1. The summed E-state index contributed by atoms with van der Waals surface area (Å²) in [5, 5.41) is 6.92. The molecule has 1 aliphatic heterocycles. The summed E-state index contributed by atoms with van der Waals surface area (Å²) >= 11 is 0. The van der Waals surface area contributed by atoms with Crippen molar-refractivity contribution in [3.63, 3.8) is 0 Å². The number of hydrogen-bond donors (Lipinski definition) is 2. The zero-order valence-corrected chi connectivity index (χ0v) is 20.7. The van der Waals surface area contributed by atoms with Crippen LogP contribution in [0, 0.1) is 26.7 Å². The third kappa shape index (κ3) is 6.33. The van der Waals surface area contributed by atoms with Crippen LogP contribution in [0.5, 0.6) is 0 Å². The van der Waals surface area contributed by atoms with Crippen LogP contribution in [0.3, 0.4) is 0 Å². The molecule has 1 saturated carbocycles. The Bertz CT molecular complexity index is 705. The maximum Gasteiger partial charge on any atom is 0.225 e. The lowest BCUT2D eigenvalue weighted by molar-refractivity contribution is -0.134. The minimum atomic E-state index is 0. The molecule has 3 rings (SSSR count). The number of aryl methyl sites for hydroxylation is 3. The van der Waals surface area contributed by atoms with Crippen molar-refractivity contribution in [2.24, 2.45) is 10.9 Å². The van der Waals surface area contributed by atoms with E-state index < -0.39 is 0 Å². The minimum Gasteiger partial charge on any atom is -0.357 e. The van der Waals surface area contributed by atoms with Crippen molar-refractivity contribution in [1.82, 2.24) is 15.5 Å². The van der Waals surface area contributed by atoms with Gasteiger partial charge in [0.2, 0.25) is 5.91 Å². The van der Waals surface area contributed by atoms with E-state index in [0.717, 1.165) is 44.9 Å². The van der Waals surface area contributed by atoms with Gasteiger partial charge in [0, 0.05) is 31.6 Å². The Morgan fingerprint density at radius 1 is 1.14 bits per heavy atom. The molecule has 1 unspecified atom stereocenters. The summed E-state index contributed by atoms with van der Waals surface area (Å²) in [5.41, 5.74) is 5.19. The van der Waals surface area contributed by atoms with Crippen molar-refractivity contribution in [3.8, 4) is 0 Å². The molecular formula is C23H37IN4O. The SMILES string of the molecule is CCNC(=NCc1c(C)cc(C)cc1C)NC1CCN(C(=O)C2CCCC2)C1.I. The van der Waals surface area contributed by atoms with Gasteiger partial charge in [0.25, 0.3) is 0 Å². The first-order valence-corrected chi connectivity index (χ1v) is 10.9. The number of likely N-dealkylation sites (tertiary alicyclic amines) is 1. The van der Waals surface area contributed by atoms with Crippen LogP contribution in [0.15, 0.2) is 17.1 Å². The Morgan fingerprint density at radius 3 is 2.41 bits per heavy atom. The summed E-state index contributed by atoms with van der Waals surface area (Å²) in [6.07, 6.45) is 5.56. The number of nitrogens with one attached hydrogen (secondary N) is 2. The average molecular weight is 512 g/mol. The summed E-state index contributed by atoms with van der Waals surface area (Å²) in [6, 6.07) is 4.73. The summed E-state index contributed by atoms with van der Waals surface area (Å²) in [7, 11) is 0. The normalized spacial score (nSPS) is 19.9. The predicted octanol–water partition coefficient (Wildman–Crippen LogP) is 4.08. The Hall–Kier alpha value is -1.31. The Kier molecular flexibility index (Phi) is 9.24. The first-order chi connectivity index (χ1) is 13.5. The second kappa shape index (κ2) is 11.2. The smallest absolute Gasteiger partial charge is 0.225 e. The monoisotopic (exact) mass is 512 g/mol. The lowest BCUT2D eigenvalue weighted by atomic mass is 10.00. The first kappa shape index (κ1) is 24.0. The number of amides is 1. The van der Waals surface area contributed by atoms with Crippen LogP contribution in [0.1, 0.15) is 61.3 Å². The van der Waals surface area contributed by atoms with Gasteiger partial charge in [0.1, 0.15) is 0 Å². The largest absolute Gasteiger partial charge is 0.357 e. The van der Waals surface area contributed by atoms with Crippen LogP contribution in [0.2, 0.25) is 0 Å². The highest BCUT2D eigenvalue weighted by atomic mass is 127. The number of rotatable bonds is 5. The van der Waals surface area contributed by atoms with Gasteiger partial charge in [-0.3, -0.25) is 4.79 Å². The van der Waals surface area contributed by atoms with Gasteiger partial charge in [0.05, 0.1) is 6.54 Å². The molecule has 5 nitrogen and oxygen atoms in total. The number of hydrogen-bond acceptors (Lipinski definition) is 2. The molecule has 2 aliphatic rings. The fourth-order valence-corrected chi connectivity index (χ4v) is 4.64. The number of nitrogens with zero attached hydrogens (tertiary/aromatic N) is 2. The van der Waals surface area contributed by atoms with E-state index >= 15 is 0 Å². The summed E-state index contributed by atoms with van der Waals surface area (Å²) in [6.45, 7) is 11.7. The van der Waals surface area contributed by atoms with Crippen molar-refractivity contribution in [3.05, 3.63) is 34.4 Å². The Balaban J connectivity index is 0.00000300. The molecule has 1 amide bonds. The van der Waals surface area contributed by atoms with Gasteiger partial charge in [-0.2, -0.15) is 0 Å². The molecule has 1 heterocycles. The fourth-order valence-electron chi connectivity index (χ4n) is 4.64. The molecular weight excluding hydrogens is 475 g/mol. The lowest BCUT2D eigenvalue weighted by Crippen LogP contribution is -2.45. The van der Waals surface area contributed by atoms with Gasteiger partial charge < -0.3 is 15.5 Å². The Morgan fingerprint density at radius 2 is 1.79 bits per heavy atom. The van der Waals surface area contributed by atoms with E-state index in [9.17, 15) is 4.79 Å². The number of halogens is 1. The van der Waals surface area contributed by atoms with Gasteiger partial charge in [-0.05, 0) is 63.6 Å². The molecule has 1 aromatic rings. The molecule has 1 saturated heterocycles. The van der Waals surface area contributed by atoms with Crippen LogP contribution in [-0.4, -0.2) is 42.4 Å². The van der Waals surface area contributed by atoms with Crippen LogP contribution in [-0.2, 0) is 11.3 Å². The topological polar surface area (TPSA) is 56.7 Å². The van der Waals surface area contributed by atoms with Gasteiger partial charge in [-0.25, -0.2) is 4.99 Å². The standard InChI is InChI=1S/C23H36N4O.HI/c1-5-24-23(25-14-21-17(3)12-16(2)13-18(21)4)26-20-10-11-27(15-20)22(28)19-8-6-7-9-19;/h12-13,19-20H,5-11,14-15H2,1-4H3,(H2,24,25,26);1H. The van der Waals surface area contributed by atoms with E-state index in [1.165, 1.54) is 35.1 Å². The highest BCUT2D eigenvalue weighted by Crippen LogP contribution is 2.27. The van der Waals surface area contributed by atoms with Gasteiger partial charge in [0.15, 0.2) is 5.96 Å². The molecule has 6 heteroatoms. The molecule has 0 aromatic heterocycles. The third-order valence-corrected chi connectivity index (χ3v) is 6.13. The van der Waals surface area contributed by atoms with E-state index in [1.807, 2.05) is 0 Å². The number of benzene rings is 1. The van der Waals surface area contributed by atoms with Gasteiger partial charge >= 0.3 is 0 Å². The number of aliphatic imine (C=N–C) groups is 1. The molecule has 0 bridgehead atoms. The molecule has 2 fully saturated rings. The van der Waals surface area contributed by atoms with Crippen LogP contribution >= 0.6 is 24.0 Å². The average Bonchev–Trinajstić information content (AvgIpc) is 3.32. The summed E-state index contributed by atoms with van der Waals surface area (Å²) < 4.78 is 0. The van der Waals surface area contributed by atoms with Crippen molar-refractivity contribution < 1.29 is 4.79 Å². The molecule has 0 radical (unpaired) electrons. The maximum absolute atomic E-state index is 12.7. The van der Waals surface area contributed by atoms with Gasteiger partial charge in [-0.15, -0.1) is 24.0 Å². The highest BCUT2D eigenvalue weighted by Gasteiger charge is 2.32. The molecule has 1 atom stereocenters. The lowest BCUT2D eigenvalue weighted by Gasteiger charge is -2.21. The van der Waals surface area contributed by atoms with Crippen molar-refractivity contribution >= 4 is 35.8 Å². The van der Waals surface area contributed by atoms with Crippen LogP contribution < -0.4 is 10.6 Å². The van der Waals surface area contributed by atoms with Crippen LogP contribution in [0.25, 0.3) is 0 Å². The van der Waals surface area contributed by atoms with E-state index in [-0.39, 0.29) is 35.9 Å². The molecule has 0 spiro atoms. The van der Waals surface area contributed by atoms with E-state index in [0.29, 0.717) is 12.5 Å². The third-order valence-electron chi connectivity index (χ3n) is 6.13. The fraction of sp³-hybridized carbons (Fsp3) is 0.652. The van der Waals surface area contributed by atoms with E-state index in [1.54, 1.807) is 0 Å². The zero-order valence-electron chi connectivity index (χ0n) is 18.4. The minimum absolute atomic E-state index is 0. The predicted molar refractivity (Wildman–Crippen MR) is 131 cm³/mol. The molecule has 162 valence electrons. The van der Waals surface area contributed by atoms with Gasteiger partial charge in [-0.1, -0.05) is 30.5 Å². The van der Waals surface area contributed by atoms with E-state index in [4.69, 9.17) is 4.99 Å². The quantitative estimate of drug-likeness (QED) is 0.355. The molecule has 1 aromatic carbocycles. The van der Waals surface area contributed by atoms with Crippen molar-refractivity contribution in [2.45, 2.75) is 72.4 Å². The zero-order chi connectivity index (χ0) is 20.1. The summed E-state index contributed by atoms with van der Waals surface area (Å²) in [5.74, 6) is 1.49. The first-order valence-electron chi connectivity index (χ1n) is 10.9. The summed E-state index contributed by atoms with van der Waals surface area (Å²) in [4.78, 5) is 19.6.